The predicted octanol–water partition coefficient (Wildman–Crippen LogP) is 3.89. The average molecular weight is 501 g/mol. The van der Waals surface area contributed by atoms with Crippen molar-refractivity contribution >= 4 is 28.6 Å². The first-order valence-electron chi connectivity index (χ1n) is 12.8. The monoisotopic (exact) mass is 500 g/mol. The molecule has 0 saturated carbocycles. The number of carbonyl (C=O) groups excluding carboxylic acids is 2. The van der Waals surface area contributed by atoms with E-state index in [1.54, 1.807) is 0 Å². The Morgan fingerprint density at radius 3 is 2.46 bits per heavy atom. The number of nitrogens with one attached hydrogen (secondary N) is 1. The van der Waals surface area contributed by atoms with Gasteiger partial charge in [0.15, 0.2) is 0 Å². The largest absolute Gasteiger partial charge is 0.480 e. The summed E-state index contributed by atoms with van der Waals surface area (Å²) < 4.78 is 5.55. The number of rotatable bonds is 9. The summed E-state index contributed by atoms with van der Waals surface area (Å²) in [5.74, 6) is -3.74. The number of hydrogen-bond donors (Lipinski definition) is 2. The molecule has 0 aromatic heterocycles. The van der Waals surface area contributed by atoms with E-state index in [0.717, 1.165) is 33.9 Å². The lowest BCUT2D eigenvalue weighted by atomic mass is 9.76. The van der Waals surface area contributed by atoms with Crippen molar-refractivity contribution < 1.29 is 24.2 Å². The molecule has 192 valence electrons. The SMILES string of the molecule is CCCOCCN1C(=O)C2C(c3ccccc3C)NC(Cc3ccc4ccccc4c3)(C(=O)O)C2C1=O. The van der Waals surface area contributed by atoms with Crippen molar-refractivity contribution in [3.63, 3.8) is 0 Å². The third-order valence-corrected chi connectivity index (χ3v) is 7.76. The van der Waals surface area contributed by atoms with Crippen LogP contribution >= 0.6 is 0 Å². The predicted molar refractivity (Wildman–Crippen MR) is 140 cm³/mol. The molecule has 0 spiro atoms. The molecule has 2 aliphatic rings. The van der Waals surface area contributed by atoms with Gasteiger partial charge in [0.2, 0.25) is 11.8 Å². The Balaban J connectivity index is 1.57. The van der Waals surface area contributed by atoms with Crippen molar-refractivity contribution in [2.45, 2.75) is 38.3 Å². The molecule has 2 saturated heterocycles. The molecule has 2 N–H and O–H groups in total. The van der Waals surface area contributed by atoms with Gasteiger partial charge in [0, 0.05) is 19.1 Å². The molecule has 4 atom stereocenters. The van der Waals surface area contributed by atoms with Crippen LogP contribution in [0.4, 0.5) is 0 Å². The van der Waals surface area contributed by atoms with E-state index in [1.165, 1.54) is 4.90 Å². The van der Waals surface area contributed by atoms with Crippen LogP contribution in [0.5, 0.6) is 0 Å². The van der Waals surface area contributed by atoms with Crippen molar-refractivity contribution in [3.8, 4) is 0 Å². The average Bonchev–Trinajstić information content (AvgIpc) is 3.36. The summed E-state index contributed by atoms with van der Waals surface area (Å²) in [6.45, 7) is 4.82. The maximum Gasteiger partial charge on any atom is 0.325 e. The molecule has 7 nitrogen and oxygen atoms in total. The number of ether oxygens (including phenoxy) is 1. The highest BCUT2D eigenvalue weighted by Gasteiger charge is 2.68. The fraction of sp³-hybridized carbons (Fsp3) is 0.367. The number of nitrogens with zero attached hydrogens (tertiary/aromatic N) is 1. The highest BCUT2D eigenvalue weighted by Crippen LogP contribution is 2.50. The molecular weight excluding hydrogens is 468 g/mol. The molecule has 5 rings (SSSR count). The van der Waals surface area contributed by atoms with Crippen molar-refractivity contribution in [1.82, 2.24) is 10.2 Å². The Morgan fingerprint density at radius 2 is 1.73 bits per heavy atom. The molecule has 2 heterocycles. The van der Waals surface area contributed by atoms with Crippen LogP contribution in [0.25, 0.3) is 10.8 Å². The Hall–Kier alpha value is -3.55. The summed E-state index contributed by atoms with van der Waals surface area (Å²) in [5.41, 5.74) is 0.939. The van der Waals surface area contributed by atoms with E-state index in [-0.39, 0.29) is 25.5 Å². The fourth-order valence-electron chi connectivity index (χ4n) is 5.99. The fourth-order valence-corrected chi connectivity index (χ4v) is 5.99. The summed E-state index contributed by atoms with van der Waals surface area (Å²) >= 11 is 0. The summed E-state index contributed by atoms with van der Waals surface area (Å²) in [6, 6.07) is 20.7. The topological polar surface area (TPSA) is 95.9 Å². The third kappa shape index (κ3) is 4.32. The smallest absolute Gasteiger partial charge is 0.325 e. The molecular formula is C30H32N2O5. The summed E-state index contributed by atoms with van der Waals surface area (Å²) in [7, 11) is 0. The number of aliphatic carboxylic acids is 1. The highest BCUT2D eigenvalue weighted by molar-refractivity contribution is 6.09. The van der Waals surface area contributed by atoms with E-state index >= 15 is 0 Å². The molecule has 7 heteroatoms. The van der Waals surface area contributed by atoms with E-state index in [4.69, 9.17) is 4.74 Å². The minimum Gasteiger partial charge on any atom is -0.480 e. The maximum absolute atomic E-state index is 13.8. The van der Waals surface area contributed by atoms with Crippen LogP contribution in [-0.4, -0.2) is 53.1 Å². The van der Waals surface area contributed by atoms with Crippen LogP contribution in [0.15, 0.2) is 66.7 Å². The minimum absolute atomic E-state index is 0.0793. The van der Waals surface area contributed by atoms with Crippen LogP contribution in [0.1, 0.15) is 36.1 Å². The lowest BCUT2D eigenvalue weighted by Gasteiger charge is -2.31. The highest BCUT2D eigenvalue weighted by atomic mass is 16.5. The van der Waals surface area contributed by atoms with E-state index in [0.29, 0.717) is 6.61 Å². The Morgan fingerprint density at radius 1 is 1.00 bits per heavy atom. The zero-order chi connectivity index (χ0) is 26.2. The zero-order valence-corrected chi connectivity index (χ0v) is 21.1. The number of aryl methyl sites for hydroxylation is 1. The van der Waals surface area contributed by atoms with Crippen LogP contribution in [0.2, 0.25) is 0 Å². The molecule has 2 aliphatic heterocycles. The van der Waals surface area contributed by atoms with Crippen molar-refractivity contribution in [1.29, 1.82) is 0 Å². The quantitative estimate of drug-likeness (QED) is 0.342. The molecule has 0 aliphatic carbocycles. The molecule has 4 unspecified atom stereocenters. The number of carboxylic acids is 1. The van der Waals surface area contributed by atoms with E-state index in [1.807, 2.05) is 80.6 Å². The Bertz CT molecular complexity index is 1350. The first-order valence-corrected chi connectivity index (χ1v) is 12.8. The zero-order valence-electron chi connectivity index (χ0n) is 21.1. The van der Waals surface area contributed by atoms with Gasteiger partial charge in [-0.15, -0.1) is 0 Å². The van der Waals surface area contributed by atoms with Gasteiger partial charge in [-0.05, 0) is 40.8 Å². The number of fused-ring (bicyclic) bond motifs is 2. The molecule has 0 bridgehead atoms. The van der Waals surface area contributed by atoms with Gasteiger partial charge in [0.1, 0.15) is 5.54 Å². The number of carboxylic acid groups (broad SMARTS) is 1. The normalized spacial score (nSPS) is 25.1. The second-order valence-electron chi connectivity index (χ2n) is 10.1. The second kappa shape index (κ2) is 10.1. The second-order valence-corrected chi connectivity index (χ2v) is 10.1. The van der Waals surface area contributed by atoms with Gasteiger partial charge in [-0.1, -0.05) is 73.7 Å². The molecule has 2 amide bonds. The third-order valence-electron chi connectivity index (χ3n) is 7.76. The van der Waals surface area contributed by atoms with Crippen molar-refractivity contribution in [2.75, 3.05) is 19.8 Å². The molecule has 2 fully saturated rings. The summed E-state index contributed by atoms with van der Waals surface area (Å²) in [5, 5.41) is 16.1. The molecule has 3 aromatic rings. The van der Waals surface area contributed by atoms with Gasteiger partial charge in [-0.3, -0.25) is 24.6 Å². The first-order chi connectivity index (χ1) is 17.9. The molecule has 37 heavy (non-hydrogen) atoms. The lowest BCUT2D eigenvalue weighted by molar-refractivity contribution is -0.151. The first kappa shape index (κ1) is 25.1. The van der Waals surface area contributed by atoms with Crippen LogP contribution in [-0.2, 0) is 25.5 Å². The van der Waals surface area contributed by atoms with Gasteiger partial charge in [-0.25, -0.2) is 0 Å². The van der Waals surface area contributed by atoms with Gasteiger partial charge in [0.25, 0.3) is 0 Å². The van der Waals surface area contributed by atoms with Crippen molar-refractivity contribution in [2.24, 2.45) is 11.8 Å². The van der Waals surface area contributed by atoms with Crippen LogP contribution in [0, 0.1) is 18.8 Å². The van der Waals surface area contributed by atoms with Gasteiger partial charge in [0.05, 0.1) is 25.0 Å². The molecule has 0 radical (unpaired) electrons. The number of benzene rings is 3. The number of likely N-dealkylation sites (tertiary alicyclic amines) is 1. The van der Waals surface area contributed by atoms with E-state index in [2.05, 4.69) is 5.32 Å². The lowest BCUT2D eigenvalue weighted by Crippen LogP contribution is -2.57. The number of imide groups is 1. The summed E-state index contributed by atoms with van der Waals surface area (Å²) in [6.07, 6.45) is 0.913. The van der Waals surface area contributed by atoms with Gasteiger partial charge < -0.3 is 9.84 Å². The Kier molecular flexibility index (Phi) is 6.84. The van der Waals surface area contributed by atoms with E-state index in [9.17, 15) is 19.5 Å². The minimum atomic E-state index is -1.63. The molecule has 3 aromatic carbocycles. The number of amides is 2. The van der Waals surface area contributed by atoms with Crippen LogP contribution in [0.3, 0.4) is 0 Å². The van der Waals surface area contributed by atoms with Gasteiger partial charge >= 0.3 is 5.97 Å². The van der Waals surface area contributed by atoms with Gasteiger partial charge in [-0.2, -0.15) is 0 Å². The number of carbonyl (C=O) groups is 3. The maximum atomic E-state index is 13.8. The number of hydrogen-bond acceptors (Lipinski definition) is 5. The van der Waals surface area contributed by atoms with E-state index < -0.39 is 35.3 Å². The van der Waals surface area contributed by atoms with Crippen molar-refractivity contribution in [3.05, 3.63) is 83.4 Å². The summed E-state index contributed by atoms with van der Waals surface area (Å²) in [4.78, 5) is 41.8. The van der Waals surface area contributed by atoms with Crippen LogP contribution < -0.4 is 5.32 Å². The standard InChI is InChI=1S/C30H32N2O5/c1-3-15-37-16-14-32-27(33)24-25(28(32)34)30(29(35)36,31-26(24)23-11-7-4-8-19(23)2)18-20-12-13-21-9-5-6-10-22(21)17-20/h4-13,17,24-26,31H,3,14-16,18H2,1-2H3,(H,35,36). The Labute approximate surface area is 216 Å².